The third kappa shape index (κ3) is 2.67. The Morgan fingerprint density at radius 2 is 2.47 bits per heavy atom. The maximum absolute atomic E-state index is 9.52. The quantitative estimate of drug-likeness (QED) is 0.779. The van der Waals surface area contributed by atoms with Crippen molar-refractivity contribution < 1.29 is 9.84 Å². The van der Waals surface area contributed by atoms with E-state index in [1.165, 1.54) is 11.5 Å². The summed E-state index contributed by atoms with van der Waals surface area (Å²) in [5.74, 6) is 2.45. The molecule has 2 aliphatic heterocycles. The second-order valence-corrected chi connectivity index (χ2v) is 6.00. The highest BCUT2D eigenvalue weighted by Crippen LogP contribution is 2.31. The van der Waals surface area contributed by atoms with Crippen LogP contribution in [-0.2, 0) is 4.74 Å². The Morgan fingerprint density at radius 3 is 3.07 bits per heavy atom. The number of nitrogens with zero attached hydrogens (tertiary/aromatic N) is 1. The number of rotatable bonds is 3. The second kappa shape index (κ2) is 5.04. The number of thioether (sulfide) groups is 1. The van der Waals surface area contributed by atoms with E-state index in [4.69, 9.17) is 4.74 Å². The van der Waals surface area contributed by atoms with Gasteiger partial charge in [0.15, 0.2) is 0 Å². The highest BCUT2D eigenvalue weighted by Gasteiger charge is 2.37. The number of hydrogen-bond donors (Lipinski definition) is 1. The Labute approximate surface area is 96.2 Å². The largest absolute Gasteiger partial charge is 0.396 e. The molecule has 15 heavy (non-hydrogen) atoms. The van der Waals surface area contributed by atoms with Gasteiger partial charge in [0.05, 0.1) is 13.2 Å². The van der Waals surface area contributed by atoms with Gasteiger partial charge in [0, 0.05) is 42.7 Å². The number of aliphatic hydroxyl groups excluding tert-OH is 1. The van der Waals surface area contributed by atoms with Crippen LogP contribution in [0.5, 0.6) is 0 Å². The summed E-state index contributed by atoms with van der Waals surface area (Å²) in [6.45, 7) is 6.27. The Hall–Kier alpha value is 0.230. The molecule has 0 aromatic carbocycles. The summed E-state index contributed by atoms with van der Waals surface area (Å²) < 4.78 is 5.44. The standard InChI is InChI=1S/C11H21NO2S/c1-10-6-15-5-3-12(10)7-11(8-13)2-4-14-9-11/h10,13H,2-9H2,1H3. The molecule has 0 aliphatic carbocycles. The Balaban J connectivity index is 1.93. The molecule has 2 heterocycles. The predicted octanol–water partition coefficient (Wildman–Crippen LogP) is 0.823. The van der Waals surface area contributed by atoms with Crippen LogP contribution in [0.4, 0.5) is 0 Å². The number of hydrogen-bond acceptors (Lipinski definition) is 4. The van der Waals surface area contributed by atoms with Gasteiger partial charge in [-0.05, 0) is 13.3 Å². The highest BCUT2D eigenvalue weighted by molar-refractivity contribution is 7.99. The van der Waals surface area contributed by atoms with Gasteiger partial charge in [-0.3, -0.25) is 4.90 Å². The van der Waals surface area contributed by atoms with Crippen molar-refractivity contribution in [3.05, 3.63) is 0 Å². The molecule has 0 amide bonds. The molecule has 0 spiro atoms. The first kappa shape index (κ1) is 11.7. The van der Waals surface area contributed by atoms with Crippen molar-refractivity contribution >= 4 is 11.8 Å². The molecule has 2 saturated heterocycles. The second-order valence-electron chi connectivity index (χ2n) is 4.86. The molecule has 4 heteroatoms. The normalized spacial score (nSPS) is 38.4. The first-order valence-corrected chi connectivity index (χ1v) is 6.92. The average molecular weight is 231 g/mol. The van der Waals surface area contributed by atoms with Gasteiger partial charge in [0.2, 0.25) is 0 Å². The zero-order chi connectivity index (χ0) is 10.7. The van der Waals surface area contributed by atoms with E-state index in [2.05, 4.69) is 11.8 Å². The zero-order valence-corrected chi connectivity index (χ0v) is 10.3. The molecule has 2 aliphatic rings. The number of aliphatic hydroxyl groups is 1. The molecule has 0 saturated carbocycles. The smallest absolute Gasteiger partial charge is 0.0557 e. The summed E-state index contributed by atoms with van der Waals surface area (Å²) in [5.41, 5.74) is 0.0241. The third-order valence-electron chi connectivity index (χ3n) is 3.56. The van der Waals surface area contributed by atoms with Gasteiger partial charge in [-0.15, -0.1) is 0 Å². The van der Waals surface area contributed by atoms with Crippen LogP contribution in [-0.4, -0.2) is 60.5 Å². The minimum absolute atomic E-state index is 0.0241. The summed E-state index contributed by atoms with van der Waals surface area (Å²) in [6.07, 6.45) is 1.01. The summed E-state index contributed by atoms with van der Waals surface area (Å²) in [4.78, 5) is 2.52. The van der Waals surface area contributed by atoms with Crippen molar-refractivity contribution in [2.75, 3.05) is 44.4 Å². The van der Waals surface area contributed by atoms with E-state index in [0.29, 0.717) is 6.04 Å². The summed E-state index contributed by atoms with van der Waals surface area (Å²) in [7, 11) is 0. The van der Waals surface area contributed by atoms with Crippen molar-refractivity contribution in [2.24, 2.45) is 5.41 Å². The molecule has 0 radical (unpaired) electrons. The highest BCUT2D eigenvalue weighted by atomic mass is 32.2. The maximum atomic E-state index is 9.52. The van der Waals surface area contributed by atoms with E-state index >= 15 is 0 Å². The van der Waals surface area contributed by atoms with E-state index in [-0.39, 0.29) is 12.0 Å². The molecular formula is C11H21NO2S. The minimum atomic E-state index is 0.0241. The van der Waals surface area contributed by atoms with Crippen LogP contribution in [0.15, 0.2) is 0 Å². The number of ether oxygens (including phenoxy) is 1. The Kier molecular flexibility index (Phi) is 3.93. The molecule has 88 valence electrons. The summed E-state index contributed by atoms with van der Waals surface area (Å²) in [5, 5.41) is 9.52. The van der Waals surface area contributed by atoms with E-state index in [1.807, 2.05) is 11.8 Å². The molecular weight excluding hydrogens is 210 g/mol. The topological polar surface area (TPSA) is 32.7 Å². The first-order valence-electron chi connectivity index (χ1n) is 5.76. The lowest BCUT2D eigenvalue weighted by molar-refractivity contribution is 0.0484. The van der Waals surface area contributed by atoms with E-state index in [0.717, 1.165) is 32.7 Å². The SMILES string of the molecule is CC1CSCCN1CC1(CO)CCOC1. The molecule has 2 unspecified atom stereocenters. The summed E-state index contributed by atoms with van der Waals surface area (Å²) in [6, 6.07) is 0.646. The van der Waals surface area contributed by atoms with Crippen molar-refractivity contribution in [1.29, 1.82) is 0 Å². The van der Waals surface area contributed by atoms with Gasteiger partial charge in [-0.25, -0.2) is 0 Å². The molecule has 3 nitrogen and oxygen atoms in total. The van der Waals surface area contributed by atoms with Crippen LogP contribution >= 0.6 is 11.8 Å². The molecule has 2 atom stereocenters. The fraction of sp³-hybridized carbons (Fsp3) is 1.00. The fourth-order valence-corrected chi connectivity index (χ4v) is 3.46. The fourth-order valence-electron chi connectivity index (χ4n) is 2.38. The lowest BCUT2D eigenvalue weighted by Gasteiger charge is -2.39. The lowest BCUT2D eigenvalue weighted by Crippen LogP contribution is -2.48. The Bertz CT molecular complexity index is 207. The van der Waals surface area contributed by atoms with E-state index in [1.54, 1.807) is 0 Å². The van der Waals surface area contributed by atoms with Crippen LogP contribution in [0, 0.1) is 5.41 Å². The van der Waals surface area contributed by atoms with Crippen molar-refractivity contribution in [3.8, 4) is 0 Å². The van der Waals surface area contributed by atoms with Gasteiger partial charge < -0.3 is 9.84 Å². The molecule has 1 N–H and O–H groups in total. The van der Waals surface area contributed by atoms with Crippen LogP contribution in [0.3, 0.4) is 0 Å². The maximum Gasteiger partial charge on any atom is 0.0557 e. The molecule has 0 aromatic rings. The van der Waals surface area contributed by atoms with Crippen LogP contribution in [0.1, 0.15) is 13.3 Å². The van der Waals surface area contributed by atoms with Crippen molar-refractivity contribution in [1.82, 2.24) is 4.90 Å². The van der Waals surface area contributed by atoms with Gasteiger partial charge in [-0.1, -0.05) is 0 Å². The van der Waals surface area contributed by atoms with Crippen LogP contribution < -0.4 is 0 Å². The van der Waals surface area contributed by atoms with Crippen molar-refractivity contribution in [2.45, 2.75) is 19.4 Å². The third-order valence-corrected chi connectivity index (χ3v) is 4.75. The lowest BCUT2D eigenvalue weighted by atomic mass is 9.87. The van der Waals surface area contributed by atoms with Gasteiger partial charge >= 0.3 is 0 Å². The van der Waals surface area contributed by atoms with Crippen molar-refractivity contribution in [3.63, 3.8) is 0 Å². The zero-order valence-electron chi connectivity index (χ0n) is 9.45. The predicted molar refractivity (Wildman–Crippen MR) is 63.3 cm³/mol. The minimum Gasteiger partial charge on any atom is -0.396 e. The van der Waals surface area contributed by atoms with Gasteiger partial charge in [0.25, 0.3) is 0 Å². The van der Waals surface area contributed by atoms with E-state index < -0.39 is 0 Å². The van der Waals surface area contributed by atoms with Gasteiger partial charge in [0.1, 0.15) is 0 Å². The van der Waals surface area contributed by atoms with Gasteiger partial charge in [-0.2, -0.15) is 11.8 Å². The van der Waals surface area contributed by atoms with Crippen LogP contribution in [0.2, 0.25) is 0 Å². The molecule has 0 bridgehead atoms. The molecule has 0 aromatic heterocycles. The molecule has 2 rings (SSSR count). The van der Waals surface area contributed by atoms with E-state index in [9.17, 15) is 5.11 Å². The monoisotopic (exact) mass is 231 g/mol. The summed E-state index contributed by atoms with van der Waals surface area (Å²) >= 11 is 2.04. The first-order chi connectivity index (χ1) is 7.26. The average Bonchev–Trinajstić information content (AvgIpc) is 2.71. The van der Waals surface area contributed by atoms with Crippen LogP contribution in [0.25, 0.3) is 0 Å². The molecule has 2 fully saturated rings. The Morgan fingerprint density at radius 1 is 1.60 bits per heavy atom.